The number of anilines is 2. The zero-order valence-corrected chi connectivity index (χ0v) is 13.3. The molecule has 0 aliphatic rings. The predicted molar refractivity (Wildman–Crippen MR) is 91.5 cm³/mol. The van der Waals surface area contributed by atoms with E-state index in [2.05, 4.69) is 5.32 Å². The highest BCUT2D eigenvalue weighted by molar-refractivity contribution is 5.96. The number of para-hydroxylation sites is 1. The Bertz CT molecular complexity index is 719. The van der Waals surface area contributed by atoms with Crippen molar-refractivity contribution in [2.45, 2.75) is 6.92 Å². The van der Waals surface area contributed by atoms with E-state index in [9.17, 15) is 14.9 Å². The van der Waals surface area contributed by atoms with Gasteiger partial charge in [-0.15, -0.1) is 0 Å². The molecule has 0 bridgehead atoms. The van der Waals surface area contributed by atoms with Crippen LogP contribution < -0.4 is 5.32 Å². The van der Waals surface area contributed by atoms with Crippen LogP contribution in [-0.4, -0.2) is 40.5 Å². The molecule has 24 heavy (non-hydrogen) atoms. The number of carbonyl (C=O) groups is 1. The van der Waals surface area contributed by atoms with Gasteiger partial charge < -0.3 is 15.3 Å². The number of hydrogen-bond donors (Lipinski definition) is 2. The monoisotopic (exact) mass is 329 g/mol. The molecule has 0 saturated heterocycles. The average molecular weight is 329 g/mol. The van der Waals surface area contributed by atoms with Crippen LogP contribution in [0.2, 0.25) is 0 Å². The van der Waals surface area contributed by atoms with Crippen molar-refractivity contribution in [1.82, 2.24) is 4.90 Å². The Balaban J connectivity index is 2.32. The molecular weight excluding hydrogens is 310 g/mol. The number of nitrogens with zero attached hydrogens (tertiary/aromatic N) is 2. The SMILES string of the molecule is CCN(CCO)C(=O)c1ccc(Nc2ccccc2)c([N+](=O)[O-])c1. The summed E-state index contributed by atoms with van der Waals surface area (Å²) in [4.78, 5) is 24.6. The standard InChI is InChI=1S/C17H19N3O4/c1-2-19(10-11-21)17(22)13-8-9-15(16(12-13)20(23)24)18-14-6-4-3-5-7-14/h3-9,12,18,21H,2,10-11H2,1H3. The molecule has 2 aromatic carbocycles. The molecule has 0 atom stereocenters. The third-order valence-corrected chi connectivity index (χ3v) is 3.53. The van der Waals surface area contributed by atoms with Gasteiger partial charge in [-0.1, -0.05) is 18.2 Å². The number of carbonyl (C=O) groups excluding carboxylic acids is 1. The number of rotatable bonds is 7. The molecule has 0 spiro atoms. The Hall–Kier alpha value is -2.93. The number of likely N-dealkylation sites (N-methyl/N-ethyl adjacent to an activating group) is 1. The summed E-state index contributed by atoms with van der Waals surface area (Å²) in [6, 6.07) is 13.4. The van der Waals surface area contributed by atoms with Crippen LogP contribution in [0.3, 0.4) is 0 Å². The van der Waals surface area contributed by atoms with Crippen molar-refractivity contribution in [1.29, 1.82) is 0 Å². The van der Waals surface area contributed by atoms with E-state index in [0.717, 1.165) is 5.69 Å². The van der Waals surface area contributed by atoms with Crippen LogP contribution >= 0.6 is 0 Å². The summed E-state index contributed by atoms with van der Waals surface area (Å²) in [5.41, 5.74) is 1.07. The zero-order valence-electron chi connectivity index (χ0n) is 13.3. The predicted octanol–water partition coefficient (Wildman–Crippen LogP) is 2.79. The summed E-state index contributed by atoms with van der Waals surface area (Å²) in [6.07, 6.45) is 0. The molecule has 2 aromatic rings. The normalized spacial score (nSPS) is 10.2. The Morgan fingerprint density at radius 2 is 1.96 bits per heavy atom. The second kappa shape index (κ2) is 8.07. The summed E-state index contributed by atoms with van der Waals surface area (Å²) >= 11 is 0. The van der Waals surface area contributed by atoms with Crippen molar-refractivity contribution in [3.8, 4) is 0 Å². The topological polar surface area (TPSA) is 95.7 Å². The van der Waals surface area contributed by atoms with E-state index in [1.165, 1.54) is 17.0 Å². The van der Waals surface area contributed by atoms with Crippen molar-refractivity contribution in [3.05, 3.63) is 64.2 Å². The summed E-state index contributed by atoms with van der Waals surface area (Å²) in [5.74, 6) is -0.346. The largest absolute Gasteiger partial charge is 0.395 e. The summed E-state index contributed by atoms with van der Waals surface area (Å²) < 4.78 is 0. The Kier molecular flexibility index (Phi) is 5.86. The van der Waals surface area contributed by atoms with E-state index < -0.39 is 4.92 Å². The Labute approximate surface area is 139 Å². The molecule has 7 nitrogen and oxygen atoms in total. The lowest BCUT2D eigenvalue weighted by molar-refractivity contribution is -0.383. The van der Waals surface area contributed by atoms with Gasteiger partial charge in [-0.2, -0.15) is 0 Å². The van der Waals surface area contributed by atoms with E-state index in [1.54, 1.807) is 25.1 Å². The fourth-order valence-corrected chi connectivity index (χ4v) is 2.30. The highest BCUT2D eigenvalue weighted by atomic mass is 16.6. The molecule has 0 fully saturated rings. The molecule has 0 radical (unpaired) electrons. The first kappa shape index (κ1) is 17.4. The molecular formula is C17H19N3O4. The molecule has 0 aromatic heterocycles. The van der Waals surface area contributed by atoms with Crippen molar-refractivity contribution >= 4 is 23.0 Å². The number of nitro benzene ring substituents is 1. The Morgan fingerprint density at radius 1 is 1.25 bits per heavy atom. The molecule has 126 valence electrons. The van der Waals surface area contributed by atoms with Gasteiger partial charge in [0.1, 0.15) is 5.69 Å². The molecule has 2 rings (SSSR count). The van der Waals surface area contributed by atoms with Crippen molar-refractivity contribution in [2.24, 2.45) is 0 Å². The van der Waals surface area contributed by atoms with Crippen LogP contribution in [0, 0.1) is 10.1 Å². The number of benzene rings is 2. The first-order chi connectivity index (χ1) is 11.6. The van der Waals surface area contributed by atoms with Gasteiger partial charge in [-0.3, -0.25) is 14.9 Å². The first-order valence-corrected chi connectivity index (χ1v) is 7.57. The van der Waals surface area contributed by atoms with E-state index in [4.69, 9.17) is 5.11 Å². The van der Waals surface area contributed by atoms with Gasteiger partial charge in [0.25, 0.3) is 11.6 Å². The molecule has 0 saturated carbocycles. The third-order valence-electron chi connectivity index (χ3n) is 3.53. The zero-order chi connectivity index (χ0) is 17.5. The lowest BCUT2D eigenvalue weighted by atomic mass is 10.1. The molecule has 7 heteroatoms. The second-order valence-electron chi connectivity index (χ2n) is 5.09. The molecule has 0 unspecified atom stereocenters. The Morgan fingerprint density at radius 3 is 2.54 bits per heavy atom. The minimum Gasteiger partial charge on any atom is -0.395 e. The van der Waals surface area contributed by atoms with Crippen LogP contribution in [0.1, 0.15) is 17.3 Å². The van der Waals surface area contributed by atoms with Crippen molar-refractivity contribution < 1.29 is 14.8 Å². The van der Waals surface area contributed by atoms with Gasteiger partial charge in [0.15, 0.2) is 0 Å². The summed E-state index contributed by atoms with van der Waals surface area (Å²) in [7, 11) is 0. The smallest absolute Gasteiger partial charge is 0.293 e. The van der Waals surface area contributed by atoms with Crippen molar-refractivity contribution in [3.63, 3.8) is 0 Å². The number of nitro groups is 1. The summed E-state index contributed by atoms with van der Waals surface area (Å²) in [5, 5.41) is 23.3. The first-order valence-electron chi connectivity index (χ1n) is 7.57. The summed E-state index contributed by atoms with van der Waals surface area (Å²) in [6.45, 7) is 2.23. The maximum Gasteiger partial charge on any atom is 0.293 e. The van der Waals surface area contributed by atoms with Crippen LogP contribution in [0.5, 0.6) is 0 Å². The highest BCUT2D eigenvalue weighted by Crippen LogP contribution is 2.29. The second-order valence-corrected chi connectivity index (χ2v) is 5.09. The fourth-order valence-electron chi connectivity index (χ4n) is 2.30. The highest BCUT2D eigenvalue weighted by Gasteiger charge is 2.20. The van der Waals surface area contributed by atoms with E-state index in [-0.39, 0.29) is 30.3 Å². The molecule has 0 heterocycles. The minimum absolute atomic E-state index is 0.157. The fraction of sp³-hybridized carbons (Fsp3) is 0.235. The lowest BCUT2D eigenvalue weighted by Gasteiger charge is -2.19. The third kappa shape index (κ3) is 4.08. The number of amides is 1. The van der Waals surface area contributed by atoms with E-state index in [1.807, 2.05) is 18.2 Å². The number of hydrogen-bond acceptors (Lipinski definition) is 5. The van der Waals surface area contributed by atoms with Gasteiger partial charge in [-0.25, -0.2) is 0 Å². The quantitative estimate of drug-likeness (QED) is 0.601. The number of aliphatic hydroxyl groups is 1. The van der Waals surface area contributed by atoms with Crippen LogP contribution in [0.4, 0.5) is 17.1 Å². The van der Waals surface area contributed by atoms with Gasteiger partial charge in [0.2, 0.25) is 0 Å². The van der Waals surface area contributed by atoms with E-state index in [0.29, 0.717) is 12.2 Å². The maximum absolute atomic E-state index is 12.4. The van der Waals surface area contributed by atoms with Crippen LogP contribution in [0.15, 0.2) is 48.5 Å². The van der Waals surface area contributed by atoms with Gasteiger partial charge in [0.05, 0.1) is 11.5 Å². The van der Waals surface area contributed by atoms with Crippen LogP contribution in [0.25, 0.3) is 0 Å². The van der Waals surface area contributed by atoms with Gasteiger partial charge in [0, 0.05) is 30.4 Å². The van der Waals surface area contributed by atoms with Crippen molar-refractivity contribution in [2.75, 3.05) is 25.0 Å². The van der Waals surface area contributed by atoms with Gasteiger partial charge >= 0.3 is 0 Å². The molecule has 0 aliphatic carbocycles. The average Bonchev–Trinajstić information content (AvgIpc) is 2.60. The number of nitrogens with one attached hydrogen (secondary N) is 1. The maximum atomic E-state index is 12.4. The number of aliphatic hydroxyl groups excluding tert-OH is 1. The minimum atomic E-state index is -0.523. The van der Waals surface area contributed by atoms with E-state index >= 15 is 0 Å². The molecule has 2 N–H and O–H groups in total. The van der Waals surface area contributed by atoms with Gasteiger partial charge in [-0.05, 0) is 31.2 Å². The molecule has 1 amide bonds. The lowest BCUT2D eigenvalue weighted by Crippen LogP contribution is -2.33. The molecule has 0 aliphatic heterocycles. The van der Waals surface area contributed by atoms with Crippen LogP contribution in [-0.2, 0) is 0 Å².